The number of hydrogen-bond donors (Lipinski definition) is 2. The van der Waals surface area contributed by atoms with E-state index in [2.05, 4.69) is 19.9 Å². The SMILES string of the molecule is CC1=CC2OC3CC4OC(=O)C=CCCC5(C(C)O)OCCC6(OC6C(=O)OCC2(CC1)C4(C)C31CO1)C5O. The molecule has 0 radical (unpaired) electrons. The van der Waals surface area contributed by atoms with Crippen molar-refractivity contribution in [1.29, 1.82) is 0 Å². The summed E-state index contributed by atoms with van der Waals surface area (Å²) in [4.78, 5) is 26.7. The Morgan fingerprint density at radius 2 is 1.90 bits per heavy atom. The molecule has 7 aliphatic rings. The van der Waals surface area contributed by atoms with Crippen molar-refractivity contribution in [3.05, 3.63) is 23.8 Å². The fourth-order valence-electron chi connectivity index (χ4n) is 8.71. The third-order valence-electron chi connectivity index (χ3n) is 11.3. The standard InChI is InChI=1S/C29H38O10/c1-16-7-9-26-14-34-23(32)22-28(39-22)10-11-35-27(17(2)30,24(28)33)8-5-4-6-21(31)38-18-13-20(37-19(26)12-16)29(15-36-29)25(18,26)3/h4,6,12,17-20,22,24,30,33H,5,7-11,13-15H2,1-3H3. The number of esters is 2. The monoisotopic (exact) mass is 546 g/mol. The van der Waals surface area contributed by atoms with E-state index in [1.165, 1.54) is 11.6 Å². The van der Waals surface area contributed by atoms with Crippen LogP contribution in [0.2, 0.25) is 0 Å². The predicted molar refractivity (Wildman–Crippen MR) is 133 cm³/mol. The van der Waals surface area contributed by atoms with Crippen molar-refractivity contribution in [2.75, 3.05) is 19.8 Å². The zero-order valence-electron chi connectivity index (χ0n) is 22.7. The molecule has 2 N–H and O–H groups in total. The highest BCUT2D eigenvalue weighted by Crippen LogP contribution is 2.72. The Morgan fingerprint density at radius 1 is 1.10 bits per heavy atom. The van der Waals surface area contributed by atoms with Gasteiger partial charge in [0.2, 0.25) is 0 Å². The van der Waals surface area contributed by atoms with Crippen LogP contribution in [0, 0.1) is 10.8 Å². The Bertz CT molecular complexity index is 1140. The number of aliphatic hydroxyl groups excluding tert-OH is 2. The first-order chi connectivity index (χ1) is 18.5. The van der Waals surface area contributed by atoms with Gasteiger partial charge in [-0.2, -0.15) is 0 Å². The molecule has 5 heterocycles. The van der Waals surface area contributed by atoms with Crippen molar-refractivity contribution in [3.8, 4) is 0 Å². The zero-order chi connectivity index (χ0) is 27.4. The van der Waals surface area contributed by atoms with Gasteiger partial charge in [-0.15, -0.1) is 0 Å². The lowest BCUT2D eigenvalue weighted by atomic mass is 9.51. The topological polar surface area (TPSA) is 137 Å². The van der Waals surface area contributed by atoms with Crippen LogP contribution < -0.4 is 0 Å². The second-order valence-electron chi connectivity index (χ2n) is 12.9. The van der Waals surface area contributed by atoms with Gasteiger partial charge in [0.1, 0.15) is 35.6 Å². The summed E-state index contributed by atoms with van der Waals surface area (Å²) in [6.45, 7) is 6.50. The second-order valence-corrected chi connectivity index (χ2v) is 12.9. The van der Waals surface area contributed by atoms with E-state index in [0.717, 1.165) is 6.42 Å². The largest absolute Gasteiger partial charge is 0.463 e. The average molecular weight is 547 g/mol. The van der Waals surface area contributed by atoms with Crippen LogP contribution in [-0.2, 0) is 38.0 Å². The molecule has 4 saturated heterocycles. The molecule has 3 spiro atoms. The number of carbonyl (C=O) groups excluding carboxylic acids is 2. The van der Waals surface area contributed by atoms with E-state index in [9.17, 15) is 19.8 Å². The molecule has 0 amide bonds. The maximum Gasteiger partial charge on any atom is 0.338 e. The van der Waals surface area contributed by atoms with Crippen LogP contribution in [0.4, 0.5) is 0 Å². The van der Waals surface area contributed by atoms with Gasteiger partial charge in [-0.05, 0) is 39.5 Å². The fraction of sp³-hybridized carbons (Fsp3) is 0.793. The zero-order valence-corrected chi connectivity index (χ0v) is 22.7. The van der Waals surface area contributed by atoms with Crippen molar-refractivity contribution in [3.63, 3.8) is 0 Å². The van der Waals surface area contributed by atoms with Crippen molar-refractivity contribution >= 4 is 11.9 Å². The van der Waals surface area contributed by atoms with Gasteiger partial charge in [-0.3, -0.25) is 0 Å². The molecule has 0 aromatic rings. The maximum atomic E-state index is 13.6. The van der Waals surface area contributed by atoms with E-state index in [-0.39, 0.29) is 31.8 Å². The van der Waals surface area contributed by atoms with Gasteiger partial charge < -0.3 is 38.6 Å². The molecule has 39 heavy (non-hydrogen) atoms. The number of cyclic esters (lactones) is 1. The number of aliphatic hydroxyl groups is 2. The number of ether oxygens (including phenoxy) is 6. The summed E-state index contributed by atoms with van der Waals surface area (Å²) >= 11 is 0. The van der Waals surface area contributed by atoms with Gasteiger partial charge in [0.05, 0.1) is 36.9 Å². The third-order valence-corrected chi connectivity index (χ3v) is 11.3. The smallest absolute Gasteiger partial charge is 0.338 e. The highest BCUT2D eigenvalue weighted by molar-refractivity contribution is 5.82. The Labute approximate surface area is 227 Å². The number of allylic oxidation sites excluding steroid dienone is 2. The number of rotatable bonds is 1. The molecule has 10 nitrogen and oxygen atoms in total. The van der Waals surface area contributed by atoms with Crippen LogP contribution >= 0.6 is 0 Å². The van der Waals surface area contributed by atoms with E-state index >= 15 is 0 Å². The molecular formula is C29H38O10. The van der Waals surface area contributed by atoms with E-state index in [4.69, 9.17) is 28.4 Å². The Kier molecular flexibility index (Phi) is 5.60. The Morgan fingerprint density at radius 3 is 2.64 bits per heavy atom. The summed E-state index contributed by atoms with van der Waals surface area (Å²) in [5.41, 5.74) is -3.24. The first-order valence-corrected chi connectivity index (χ1v) is 14.2. The van der Waals surface area contributed by atoms with Gasteiger partial charge in [0, 0.05) is 24.3 Å². The summed E-state index contributed by atoms with van der Waals surface area (Å²) in [7, 11) is 0. The lowest BCUT2D eigenvalue weighted by Gasteiger charge is -2.58. The first kappa shape index (κ1) is 26.1. The summed E-state index contributed by atoms with van der Waals surface area (Å²) in [5.74, 6) is -1.02. The summed E-state index contributed by atoms with van der Waals surface area (Å²) in [6, 6.07) is 0. The Balaban J connectivity index is 1.28. The Hall–Kier alpha value is -1.82. The van der Waals surface area contributed by atoms with E-state index in [0.29, 0.717) is 32.3 Å². The van der Waals surface area contributed by atoms with Crippen LogP contribution in [0.5, 0.6) is 0 Å². The predicted octanol–water partition coefficient (Wildman–Crippen LogP) is 1.50. The van der Waals surface area contributed by atoms with Crippen molar-refractivity contribution in [2.45, 2.75) is 113 Å². The number of hydrogen-bond acceptors (Lipinski definition) is 10. The molecule has 5 fully saturated rings. The molecule has 7 rings (SSSR count). The van der Waals surface area contributed by atoms with Crippen molar-refractivity contribution in [2.24, 2.45) is 10.8 Å². The molecule has 0 aromatic heterocycles. The highest BCUT2D eigenvalue weighted by atomic mass is 16.7. The number of carbonyl (C=O) groups is 2. The van der Waals surface area contributed by atoms with Gasteiger partial charge in [0.15, 0.2) is 6.10 Å². The van der Waals surface area contributed by atoms with Gasteiger partial charge >= 0.3 is 11.9 Å². The highest BCUT2D eigenvalue weighted by Gasteiger charge is 2.83. The molecule has 214 valence electrons. The van der Waals surface area contributed by atoms with Crippen LogP contribution in [0.3, 0.4) is 0 Å². The average Bonchev–Trinajstić information content (AvgIpc) is 3.81. The molecule has 10 heteroatoms. The minimum Gasteiger partial charge on any atom is -0.463 e. The number of fused-ring (bicyclic) bond motifs is 1. The van der Waals surface area contributed by atoms with Crippen molar-refractivity contribution in [1.82, 2.24) is 0 Å². The van der Waals surface area contributed by atoms with Gasteiger partial charge in [-0.25, -0.2) is 9.59 Å². The lowest BCUT2D eigenvalue weighted by Crippen LogP contribution is -2.67. The van der Waals surface area contributed by atoms with E-state index in [1.807, 2.05) is 0 Å². The fourth-order valence-corrected chi connectivity index (χ4v) is 8.71. The van der Waals surface area contributed by atoms with Crippen molar-refractivity contribution < 1.29 is 48.2 Å². The molecule has 2 aliphatic carbocycles. The molecule has 4 bridgehead atoms. The van der Waals surface area contributed by atoms with E-state index in [1.54, 1.807) is 13.0 Å². The minimum absolute atomic E-state index is 0.0442. The van der Waals surface area contributed by atoms with Crippen LogP contribution in [0.1, 0.15) is 59.3 Å². The maximum absolute atomic E-state index is 13.6. The molecule has 0 aromatic carbocycles. The summed E-state index contributed by atoms with van der Waals surface area (Å²) < 4.78 is 36.9. The van der Waals surface area contributed by atoms with Gasteiger partial charge in [-0.1, -0.05) is 24.6 Å². The molecular weight excluding hydrogens is 508 g/mol. The van der Waals surface area contributed by atoms with Gasteiger partial charge in [0.25, 0.3) is 0 Å². The molecule has 5 aliphatic heterocycles. The third kappa shape index (κ3) is 3.24. The molecule has 11 atom stereocenters. The second kappa shape index (κ2) is 8.36. The quantitative estimate of drug-likeness (QED) is 0.283. The number of epoxide rings is 2. The first-order valence-electron chi connectivity index (χ1n) is 14.2. The van der Waals surface area contributed by atoms with E-state index < -0.39 is 64.0 Å². The summed E-state index contributed by atoms with van der Waals surface area (Å²) in [5, 5.41) is 22.2. The lowest BCUT2D eigenvalue weighted by molar-refractivity contribution is -0.233. The van der Waals surface area contributed by atoms with Crippen LogP contribution in [-0.4, -0.2) is 95.4 Å². The molecule has 11 unspecified atom stereocenters. The van der Waals surface area contributed by atoms with Crippen LogP contribution in [0.25, 0.3) is 0 Å². The summed E-state index contributed by atoms with van der Waals surface area (Å²) in [6.07, 6.45) is 3.80. The van der Waals surface area contributed by atoms with Crippen LogP contribution in [0.15, 0.2) is 23.8 Å². The normalized spacial score (nSPS) is 53.2. The molecule has 1 saturated carbocycles. The minimum atomic E-state index is -1.35.